The van der Waals surface area contributed by atoms with E-state index in [1.165, 1.54) is 0 Å². The summed E-state index contributed by atoms with van der Waals surface area (Å²) in [5.74, 6) is 0.335. The third kappa shape index (κ3) is 4.37. The number of hydrogen-bond donors (Lipinski definition) is 4. The molecule has 0 heterocycles. The van der Waals surface area contributed by atoms with Gasteiger partial charge in [0.1, 0.15) is 0 Å². The SMILES string of the molecule is CC(C)C(CO)NCC(C)(CO)CO. The van der Waals surface area contributed by atoms with Gasteiger partial charge in [-0.3, -0.25) is 0 Å². The predicted molar refractivity (Wildman–Crippen MR) is 56.0 cm³/mol. The second-order valence-corrected chi connectivity index (χ2v) is 4.54. The van der Waals surface area contributed by atoms with Gasteiger partial charge in [0.15, 0.2) is 0 Å². The maximum atomic E-state index is 9.05. The van der Waals surface area contributed by atoms with Crippen LogP contribution in [0.4, 0.5) is 0 Å². The molecule has 0 fully saturated rings. The first-order chi connectivity index (χ1) is 6.49. The van der Waals surface area contributed by atoms with E-state index < -0.39 is 5.41 Å². The zero-order valence-electron chi connectivity index (χ0n) is 9.32. The van der Waals surface area contributed by atoms with E-state index in [2.05, 4.69) is 5.32 Å². The van der Waals surface area contributed by atoms with Crippen molar-refractivity contribution in [2.24, 2.45) is 11.3 Å². The monoisotopic (exact) mass is 205 g/mol. The quantitative estimate of drug-likeness (QED) is 0.456. The average molecular weight is 205 g/mol. The summed E-state index contributed by atoms with van der Waals surface area (Å²) in [5, 5.41) is 30.3. The van der Waals surface area contributed by atoms with Crippen LogP contribution >= 0.6 is 0 Å². The molecule has 0 aliphatic rings. The smallest absolute Gasteiger partial charge is 0.0587 e. The molecule has 0 aliphatic carbocycles. The van der Waals surface area contributed by atoms with Gasteiger partial charge in [-0.2, -0.15) is 0 Å². The molecule has 0 saturated heterocycles. The minimum Gasteiger partial charge on any atom is -0.396 e. The molecule has 0 radical (unpaired) electrons. The molecule has 0 rings (SSSR count). The van der Waals surface area contributed by atoms with Crippen molar-refractivity contribution in [3.63, 3.8) is 0 Å². The Morgan fingerprint density at radius 2 is 1.64 bits per heavy atom. The Labute approximate surface area is 86.0 Å². The molecule has 4 nitrogen and oxygen atoms in total. The second kappa shape index (κ2) is 6.35. The van der Waals surface area contributed by atoms with Crippen LogP contribution in [0.25, 0.3) is 0 Å². The summed E-state index contributed by atoms with van der Waals surface area (Å²) < 4.78 is 0. The van der Waals surface area contributed by atoms with Crippen LogP contribution < -0.4 is 5.32 Å². The van der Waals surface area contributed by atoms with Gasteiger partial charge in [0, 0.05) is 18.0 Å². The van der Waals surface area contributed by atoms with Crippen molar-refractivity contribution < 1.29 is 15.3 Å². The Bertz CT molecular complexity index is 146. The minimum atomic E-state index is -0.512. The second-order valence-electron chi connectivity index (χ2n) is 4.54. The van der Waals surface area contributed by atoms with E-state index in [1.54, 1.807) is 6.92 Å². The van der Waals surface area contributed by atoms with Gasteiger partial charge in [-0.1, -0.05) is 20.8 Å². The summed E-state index contributed by atoms with van der Waals surface area (Å²) >= 11 is 0. The lowest BCUT2D eigenvalue weighted by atomic mass is 9.92. The van der Waals surface area contributed by atoms with Gasteiger partial charge in [0.25, 0.3) is 0 Å². The standard InChI is InChI=1S/C10H23NO3/c1-8(2)9(4-12)11-5-10(3,6-13)7-14/h8-9,11-14H,4-7H2,1-3H3. The van der Waals surface area contributed by atoms with Crippen LogP contribution in [0.1, 0.15) is 20.8 Å². The van der Waals surface area contributed by atoms with Gasteiger partial charge in [-0.25, -0.2) is 0 Å². The molecular weight excluding hydrogens is 182 g/mol. The molecule has 0 saturated carbocycles. The Balaban J connectivity index is 4.00. The highest BCUT2D eigenvalue weighted by Crippen LogP contribution is 2.13. The van der Waals surface area contributed by atoms with Gasteiger partial charge in [0.2, 0.25) is 0 Å². The zero-order valence-corrected chi connectivity index (χ0v) is 9.32. The van der Waals surface area contributed by atoms with Crippen molar-refractivity contribution in [2.45, 2.75) is 26.8 Å². The van der Waals surface area contributed by atoms with Crippen LogP contribution in [0.15, 0.2) is 0 Å². The maximum Gasteiger partial charge on any atom is 0.0587 e. The molecule has 4 heteroatoms. The number of aliphatic hydroxyl groups excluding tert-OH is 3. The Hall–Kier alpha value is -0.160. The van der Waals surface area contributed by atoms with Crippen molar-refractivity contribution in [3.8, 4) is 0 Å². The fourth-order valence-electron chi connectivity index (χ4n) is 1.05. The van der Waals surface area contributed by atoms with Crippen LogP contribution in [-0.4, -0.2) is 47.7 Å². The topological polar surface area (TPSA) is 72.7 Å². The van der Waals surface area contributed by atoms with Gasteiger partial charge in [0.05, 0.1) is 19.8 Å². The number of nitrogens with one attached hydrogen (secondary N) is 1. The van der Waals surface area contributed by atoms with Crippen LogP contribution in [0.3, 0.4) is 0 Å². The Morgan fingerprint density at radius 3 is 1.93 bits per heavy atom. The first kappa shape index (κ1) is 13.8. The molecule has 4 N–H and O–H groups in total. The van der Waals surface area contributed by atoms with E-state index >= 15 is 0 Å². The first-order valence-corrected chi connectivity index (χ1v) is 5.05. The molecule has 14 heavy (non-hydrogen) atoms. The van der Waals surface area contributed by atoms with Crippen molar-refractivity contribution in [3.05, 3.63) is 0 Å². The maximum absolute atomic E-state index is 9.05. The molecule has 0 aliphatic heterocycles. The molecular formula is C10H23NO3. The van der Waals surface area contributed by atoms with E-state index in [1.807, 2.05) is 13.8 Å². The lowest BCUT2D eigenvalue weighted by molar-refractivity contribution is 0.0621. The number of hydrogen-bond acceptors (Lipinski definition) is 4. The normalized spacial score (nSPS) is 14.8. The van der Waals surface area contributed by atoms with Gasteiger partial charge in [-0.05, 0) is 5.92 Å². The highest BCUT2D eigenvalue weighted by molar-refractivity contribution is 4.79. The van der Waals surface area contributed by atoms with E-state index in [0.29, 0.717) is 12.5 Å². The highest BCUT2D eigenvalue weighted by atomic mass is 16.3. The molecule has 1 unspecified atom stereocenters. The minimum absolute atomic E-state index is 0.0208. The lowest BCUT2D eigenvalue weighted by Gasteiger charge is -2.29. The van der Waals surface area contributed by atoms with E-state index in [9.17, 15) is 0 Å². The van der Waals surface area contributed by atoms with Crippen LogP contribution in [0, 0.1) is 11.3 Å². The highest BCUT2D eigenvalue weighted by Gasteiger charge is 2.24. The summed E-state index contributed by atoms with van der Waals surface area (Å²) in [4.78, 5) is 0. The molecule has 0 spiro atoms. The third-order valence-electron chi connectivity index (χ3n) is 2.56. The molecule has 0 aromatic rings. The fraction of sp³-hybridized carbons (Fsp3) is 1.00. The Morgan fingerprint density at radius 1 is 1.14 bits per heavy atom. The summed E-state index contributed by atoms with van der Waals surface area (Å²) in [7, 11) is 0. The molecule has 1 atom stereocenters. The zero-order chi connectivity index (χ0) is 11.2. The molecule has 86 valence electrons. The fourth-order valence-corrected chi connectivity index (χ4v) is 1.05. The van der Waals surface area contributed by atoms with Gasteiger partial charge in [-0.15, -0.1) is 0 Å². The van der Waals surface area contributed by atoms with Crippen molar-refractivity contribution in [2.75, 3.05) is 26.4 Å². The van der Waals surface area contributed by atoms with Gasteiger partial charge >= 0.3 is 0 Å². The molecule has 0 aromatic heterocycles. The van der Waals surface area contributed by atoms with E-state index in [0.717, 1.165) is 0 Å². The van der Waals surface area contributed by atoms with Crippen LogP contribution in [-0.2, 0) is 0 Å². The number of aliphatic hydroxyl groups is 3. The third-order valence-corrected chi connectivity index (χ3v) is 2.56. The summed E-state index contributed by atoms with van der Waals surface area (Å²) in [6.45, 7) is 6.29. The van der Waals surface area contributed by atoms with E-state index in [-0.39, 0.29) is 25.9 Å². The average Bonchev–Trinajstić information content (AvgIpc) is 2.18. The molecule has 0 aromatic carbocycles. The summed E-state index contributed by atoms with van der Waals surface area (Å²) in [6.07, 6.45) is 0. The van der Waals surface area contributed by atoms with Crippen molar-refractivity contribution in [1.82, 2.24) is 5.32 Å². The summed E-state index contributed by atoms with van der Waals surface area (Å²) in [5.41, 5.74) is -0.512. The van der Waals surface area contributed by atoms with Crippen molar-refractivity contribution >= 4 is 0 Å². The molecule has 0 amide bonds. The first-order valence-electron chi connectivity index (χ1n) is 5.05. The van der Waals surface area contributed by atoms with Crippen LogP contribution in [0.2, 0.25) is 0 Å². The lowest BCUT2D eigenvalue weighted by Crippen LogP contribution is -2.45. The molecule has 0 bridgehead atoms. The predicted octanol–water partition coefficient (Wildman–Crippen LogP) is -0.416. The summed E-state index contributed by atoms with van der Waals surface area (Å²) in [6, 6.07) is 0.0208. The Kier molecular flexibility index (Phi) is 6.27. The van der Waals surface area contributed by atoms with Crippen molar-refractivity contribution in [1.29, 1.82) is 0 Å². The number of rotatable bonds is 7. The van der Waals surface area contributed by atoms with Gasteiger partial charge < -0.3 is 20.6 Å². The largest absolute Gasteiger partial charge is 0.396 e. The van der Waals surface area contributed by atoms with Crippen LogP contribution in [0.5, 0.6) is 0 Å². The van der Waals surface area contributed by atoms with E-state index in [4.69, 9.17) is 15.3 Å².